The van der Waals surface area contributed by atoms with Gasteiger partial charge in [-0.25, -0.2) is 13.8 Å². The Hall–Kier alpha value is -2.88. The van der Waals surface area contributed by atoms with Gasteiger partial charge in [-0.05, 0) is 13.0 Å². The lowest BCUT2D eigenvalue weighted by molar-refractivity contribution is 0.0979. The van der Waals surface area contributed by atoms with Gasteiger partial charge in [-0.3, -0.25) is 0 Å². The van der Waals surface area contributed by atoms with Gasteiger partial charge in [0.2, 0.25) is 0 Å². The van der Waals surface area contributed by atoms with Crippen LogP contribution < -0.4 is 11.1 Å². The van der Waals surface area contributed by atoms with Crippen LogP contribution in [0.25, 0.3) is 5.65 Å². The van der Waals surface area contributed by atoms with Gasteiger partial charge in [-0.1, -0.05) is 11.6 Å². The van der Waals surface area contributed by atoms with E-state index in [4.69, 9.17) is 21.5 Å². The third kappa shape index (κ3) is 3.67. The van der Waals surface area contributed by atoms with Crippen LogP contribution in [0, 0.1) is 18.3 Å². The smallest absolute Gasteiger partial charge is 0.266 e. The predicted molar refractivity (Wildman–Crippen MR) is 109 cm³/mol. The molecule has 0 atom stereocenters. The van der Waals surface area contributed by atoms with Gasteiger partial charge in [-0.2, -0.15) is 28.4 Å². The van der Waals surface area contributed by atoms with Crippen molar-refractivity contribution in [3.63, 3.8) is 0 Å². The van der Waals surface area contributed by atoms with E-state index in [2.05, 4.69) is 20.5 Å². The SMILES string of the molecule is Cc1nn2c(N)c(C#N)c(NCCc3ccn(C4(OS(C)(=O)=O)CC4)n3)nc2c1Cl. The summed E-state index contributed by atoms with van der Waals surface area (Å²) in [5.41, 5.74) is 6.99. The summed E-state index contributed by atoms with van der Waals surface area (Å²) < 4.78 is 31.0. The number of rotatable bonds is 7. The molecule has 0 aromatic carbocycles. The summed E-state index contributed by atoms with van der Waals surface area (Å²) in [6.45, 7) is 2.14. The zero-order valence-electron chi connectivity index (χ0n) is 16.3. The summed E-state index contributed by atoms with van der Waals surface area (Å²) in [4.78, 5) is 4.40. The minimum atomic E-state index is -3.58. The molecule has 1 fully saturated rings. The number of nitrogens with zero attached hydrogens (tertiary/aromatic N) is 6. The van der Waals surface area contributed by atoms with Gasteiger partial charge >= 0.3 is 0 Å². The monoisotopic (exact) mass is 450 g/mol. The van der Waals surface area contributed by atoms with E-state index in [9.17, 15) is 13.7 Å². The normalized spacial score (nSPS) is 15.3. The van der Waals surface area contributed by atoms with Crippen LogP contribution in [0.4, 0.5) is 11.6 Å². The summed E-state index contributed by atoms with van der Waals surface area (Å²) >= 11 is 6.23. The van der Waals surface area contributed by atoms with Crippen molar-refractivity contribution in [1.29, 1.82) is 5.26 Å². The van der Waals surface area contributed by atoms with Crippen molar-refractivity contribution in [2.75, 3.05) is 23.9 Å². The molecule has 1 aliphatic rings. The summed E-state index contributed by atoms with van der Waals surface area (Å²) in [5.74, 6) is 0.459. The van der Waals surface area contributed by atoms with E-state index in [1.165, 1.54) is 4.52 Å². The van der Waals surface area contributed by atoms with Gasteiger partial charge in [0.25, 0.3) is 10.1 Å². The fourth-order valence-electron chi connectivity index (χ4n) is 3.16. The van der Waals surface area contributed by atoms with E-state index >= 15 is 0 Å². The Morgan fingerprint density at radius 1 is 1.43 bits per heavy atom. The third-order valence-corrected chi connectivity index (χ3v) is 5.79. The molecule has 1 aliphatic carbocycles. The number of nitrogens with one attached hydrogen (secondary N) is 1. The molecule has 4 rings (SSSR count). The Morgan fingerprint density at radius 2 is 2.17 bits per heavy atom. The molecule has 3 heterocycles. The first-order valence-corrected chi connectivity index (χ1v) is 11.3. The Bertz CT molecular complexity index is 1290. The van der Waals surface area contributed by atoms with Crippen LogP contribution in [0.3, 0.4) is 0 Å². The highest BCUT2D eigenvalue weighted by Gasteiger charge is 2.50. The number of halogens is 1. The molecule has 13 heteroatoms. The lowest BCUT2D eigenvalue weighted by Gasteiger charge is -2.15. The van der Waals surface area contributed by atoms with Crippen molar-refractivity contribution < 1.29 is 12.6 Å². The summed E-state index contributed by atoms with van der Waals surface area (Å²) in [6, 6.07) is 3.83. The molecule has 0 spiro atoms. The molecule has 0 unspecified atom stereocenters. The Morgan fingerprint density at radius 3 is 2.80 bits per heavy atom. The summed E-state index contributed by atoms with van der Waals surface area (Å²) in [5, 5.41) is 21.6. The maximum Gasteiger partial charge on any atom is 0.266 e. The number of anilines is 2. The van der Waals surface area contributed by atoms with Crippen LogP contribution in [0.2, 0.25) is 5.02 Å². The lowest BCUT2D eigenvalue weighted by atomic mass is 10.2. The van der Waals surface area contributed by atoms with Crippen molar-refractivity contribution in [2.45, 2.75) is 31.9 Å². The zero-order valence-corrected chi connectivity index (χ0v) is 17.8. The Balaban J connectivity index is 1.49. The maximum absolute atomic E-state index is 11.5. The minimum absolute atomic E-state index is 0.151. The third-order valence-electron chi connectivity index (χ3n) is 4.73. The van der Waals surface area contributed by atoms with E-state index < -0.39 is 15.8 Å². The molecule has 0 amide bonds. The van der Waals surface area contributed by atoms with Crippen molar-refractivity contribution in [1.82, 2.24) is 24.4 Å². The van der Waals surface area contributed by atoms with E-state index in [-0.39, 0.29) is 11.4 Å². The molecule has 0 radical (unpaired) electrons. The first kappa shape index (κ1) is 20.4. The lowest BCUT2D eigenvalue weighted by Crippen LogP contribution is -2.25. The standard InChI is InChI=1S/C17H19ClN8O3S/c1-10-13(18)16-22-15(12(9-19)14(20)26(16)23-10)21-7-3-11-4-8-25(24-11)17(5-6-17)29-30(2,27)28/h4,8H,3,5-7,20H2,1-2H3,(H,21,22). The number of nitrogen functional groups attached to an aromatic ring is 1. The van der Waals surface area contributed by atoms with Gasteiger partial charge in [-0.15, -0.1) is 0 Å². The molecule has 158 valence electrons. The molecular formula is C17H19ClN8O3S. The number of hydrogen-bond donors (Lipinski definition) is 2. The van der Waals surface area contributed by atoms with Gasteiger partial charge in [0.1, 0.15) is 28.3 Å². The number of nitriles is 1. The number of hydrogen-bond acceptors (Lipinski definition) is 9. The van der Waals surface area contributed by atoms with Gasteiger partial charge in [0.05, 0.1) is 17.6 Å². The van der Waals surface area contributed by atoms with Crippen molar-refractivity contribution >= 4 is 39.0 Å². The maximum atomic E-state index is 11.5. The molecule has 1 saturated carbocycles. The van der Waals surface area contributed by atoms with Crippen molar-refractivity contribution in [3.8, 4) is 6.07 Å². The summed E-state index contributed by atoms with van der Waals surface area (Å²) in [6.07, 6.45) is 4.40. The van der Waals surface area contributed by atoms with Crippen LogP contribution in [0.5, 0.6) is 0 Å². The molecule has 11 nitrogen and oxygen atoms in total. The quantitative estimate of drug-likeness (QED) is 0.508. The molecule has 0 bridgehead atoms. The second-order valence-corrected chi connectivity index (χ2v) is 9.08. The van der Waals surface area contributed by atoms with Crippen molar-refractivity contribution in [2.24, 2.45) is 0 Å². The highest BCUT2D eigenvalue weighted by atomic mass is 35.5. The molecule has 3 N–H and O–H groups in total. The van der Waals surface area contributed by atoms with Crippen LogP contribution in [-0.2, 0) is 26.4 Å². The Labute approximate surface area is 177 Å². The van der Waals surface area contributed by atoms with Gasteiger partial charge in [0, 0.05) is 32.0 Å². The molecule has 3 aromatic rings. The van der Waals surface area contributed by atoms with Crippen LogP contribution >= 0.6 is 11.6 Å². The van der Waals surface area contributed by atoms with Crippen LogP contribution in [0.1, 0.15) is 29.8 Å². The van der Waals surface area contributed by atoms with Gasteiger partial charge in [0.15, 0.2) is 11.4 Å². The molecule has 0 aliphatic heterocycles. The fraction of sp³-hybridized carbons (Fsp3) is 0.412. The number of nitrogens with two attached hydrogens (primary N) is 1. The van der Waals surface area contributed by atoms with E-state index in [0.717, 1.165) is 11.9 Å². The highest BCUT2D eigenvalue weighted by molar-refractivity contribution is 7.86. The second-order valence-electron chi connectivity index (χ2n) is 7.13. The molecule has 3 aromatic heterocycles. The first-order valence-electron chi connectivity index (χ1n) is 9.07. The van der Waals surface area contributed by atoms with E-state index in [0.29, 0.717) is 48.0 Å². The molecule has 30 heavy (non-hydrogen) atoms. The van der Waals surface area contributed by atoms with Crippen LogP contribution in [-0.4, -0.2) is 45.6 Å². The highest BCUT2D eigenvalue weighted by Crippen LogP contribution is 2.45. The molecule has 0 saturated heterocycles. The second kappa shape index (κ2) is 7.12. The molecular weight excluding hydrogens is 432 g/mol. The van der Waals surface area contributed by atoms with Crippen LogP contribution in [0.15, 0.2) is 12.3 Å². The van der Waals surface area contributed by atoms with Crippen molar-refractivity contribution in [3.05, 3.63) is 34.2 Å². The number of aromatic nitrogens is 5. The van der Waals surface area contributed by atoms with E-state index in [1.807, 2.05) is 6.07 Å². The number of aryl methyl sites for hydroxylation is 1. The topological polar surface area (TPSA) is 153 Å². The summed E-state index contributed by atoms with van der Waals surface area (Å²) in [7, 11) is -3.58. The fourth-order valence-corrected chi connectivity index (χ4v) is 4.12. The number of fused-ring (bicyclic) bond motifs is 1. The average molecular weight is 451 g/mol. The predicted octanol–water partition coefficient (Wildman–Crippen LogP) is 1.42. The Kier molecular flexibility index (Phi) is 4.84. The van der Waals surface area contributed by atoms with E-state index in [1.54, 1.807) is 23.9 Å². The largest absolute Gasteiger partial charge is 0.382 e. The first-order chi connectivity index (χ1) is 14.1. The minimum Gasteiger partial charge on any atom is -0.382 e. The van der Waals surface area contributed by atoms with Gasteiger partial charge < -0.3 is 11.1 Å². The zero-order chi connectivity index (χ0) is 21.7. The average Bonchev–Trinajstić information content (AvgIpc) is 3.15.